The summed E-state index contributed by atoms with van der Waals surface area (Å²) in [6, 6.07) is 0. The Kier molecular flexibility index (Phi) is 6.17. The van der Waals surface area contributed by atoms with Crippen molar-refractivity contribution >= 4 is 0 Å². The summed E-state index contributed by atoms with van der Waals surface area (Å²) in [6.45, 7) is 9.41. The van der Waals surface area contributed by atoms with Gasteiger partial charge in [0.2, 0.25) is 0 Å². The minimum atomic E-state index is -1.20. The van der Waals surface area contributed by atoms with Crippen LogP contribution in [0.3, 0.4) is 0 Å². The van der Waals surface area contributed by atoms with Gasteiger partial charge in [-0.2, -0.15) is 0 Å². The van der Waals surface area contributed by atoms with E-state index in [9.17, 15) is 15.3 Å². The highest BCUT2D eigenvalue weighted by atomic mass is 17.2. The molecule has 1 fully saturated rings. The molecule has 1 saturated heterocycles. The molecular weight excluding hydrogens is 320 g/mol. The normalized spacial score (nSPS) is 48.9. The lowest BCUT2D eigenvalue weighted by molar-refractivity contribution is -0.413. The van der Waals surface area contributed by atoms with E-state index < -0.39 is 29.0 Å². The Hall–Kier alpha value is -0.720. The van der Waals surface area contributed by atoms with Gasteiger partial charge in [0.05, 0.1) is 17.3 Å². The average molecular weight is 354 g/mol. The van der Waals surface area contributed by atoms with Crippen molar-refractivity contribution in [1.82, 2.24) is 0 Å². The van der Waals surface area contributed by atoms with Gasteiger partial charge in [-0.15, -0.1) is 0 Å². The summed E-state index contributed by atoms with van der Waals surface area (Å²) in [5.74, 6) is 0.00718. The Morgan fingerprint density at radius 3 is 2.36 bits per heavy atom. The van der Waals surface area contributed by atoms with Gasteiger partial charge in [-0.05, 0) is 46.0 Å². The van der Waals surface area contributed by atoms with Crippen molar-refractivity contribution in [2.24, 2.45) is 11.8 Å². The van der Waals surface area contributed by atoms with Gasteiger partial charge in [-0.3, -0.25) is 0 Å². The van der Waals surface area contributed by atoms with E-state index in [2.05, 4.69) is 0 Å². The smallest absolute Gasteiger partial charge is 0.122 e. The van der Waals surface area contributed by atoms with Gasteiger partial charge >= 0.3 is 0 Å². The third kappa shape index (κ3) is 5.38. The zero-order valence-electron chi connectivity index (χ0n) is 16.1. The molecule has 0 aromatic heterocycles. The lowest BCUT2D eigenvalue weighted by Gasteiger charge is -2.41. The van der Waals surface area contributed by atoms with Crippen LogP contribution in [0.15, 0.2) is 24.3 Å². The molecule has 5 nitrogen and oxygen atoms in total. The van der Waals surface area contributed by atoms with Crippen LogP contribution in [0.5, 0.6) is 0 Å². The molecule has 0 amide bonds. The molecule has 0 spiro atoms. The fourth-order valence-corrected chi connectivity index (χ4v) is 3.62. The average Bonchev–Trinajstić information content (AvgIpc) is 2.45. The Labute approximate surface area is 151 Å². The van der Waals surface area contributed by atoms with Gasteiger partial charge in [0, 0.05) is 12.3 Å². The summed E-state index contributed by atoms with van der Waals surface area (Å²) < 4.78 is 0. The molecule has 2 heterocycles. The number of rotatable bonds is 1. The molecule has 3 rings (SSSR count). The second kappa shape index (κ2) is 7.49. The van der Waals surface area contributed by atoms with Crippen molar-refractivity contribution in [2.45, 2.75) is 89.3 Å². The zero-order chi connectivity index (χ0) is 18.9. The molecule has 144 valence electrons. The van der Waals surface area contributed by atoms with E-state index >= 15 is 0 Å². The maximum atomic E-state index is 10.9. The van der Waals surface area contributed by atoms with Crippen LogP contribution in [0, 0.1) is 11.8 Å². The molecule has 2 bridgehead atoms. The topological polar surface area (TPSA) is 79.2 Å². The molecule has 0 aromatic rings. The maximum absolute atomic E-state index is 10.9. The van der Waals surface area contributed by atoms with Crippen molar-refractivity contribution in [1.29, 1.82) is 0 Å². The first-order valence-corrected chi connectivity index (χ1v) is 9.28. The van der Waals surface area contributed by atoms with Gasteiger partial charge in [0.15, 0.2) is 0 Å². The van der Waals surface area contributed by atoms with E-state index in [1.165, 1.54) is 0 Å². The summed E-state index contributed by atoms with van der Waals surface area (Å²) in [7, 11) is 0. The zero-order valence-corrected chi connectivity index (χ0v) is 16.1. The largest absolute Gasteiger partial charge is 0.392 e. The maximum Gasteiger partial charge on any atom is 0.122 e. The first-order chi connectivity index (χ1) is 11.4. The van der Waals surface area contributed by atoms with Crippen molar-refractivity contribution in [2.75, 3.05) is 0 Å². The third-order valence-corrected chi connectivity index (χ3v) is 5.47. The van der Waals surface area contributed by atoms with Gasteiger partial charge < -0.3 is 15.3 Å². The predicted octanol–water partition coefficient (Wildman–Crippen LogP) is 2.90. The summed E-state index contributed by atoms with van der Waals surface area (Å²) in [5.41, 5.74) is -2.78. The van der Waals surface area contributed by atoms with E-state index in [1.807, 2.05) is 39.0 Å². The highest BCUT2D eigenvalue weighted by Crippen LogP contribution is 2.36. The summed E-state index contributed by atoms with van der Waals surface area (Å²) in [6.07, 6.45) is 8.20. The summed E-state index contributed by atoms with van der Waals surface area (Å²) >= 11 is 0. The first-order valence-electron chi connectivity index (χ1n) is 9.28. The minimum absolute atomic E-state index is 0.167. The molecule has 0 unspecified atom stereocenters. The summed E-state index contributed by atoms with van der Waals surface area (Å²) in [5, 5.41) is 32.2. The molecule has 5 heteroatoms. The molecular formula is C20H34O5. The number of hydrogen-bond acceptors (Lipinski definition) is 5. The molecule has 2 aliphatic heterocycles. The van der Waals surface area contributed by atoms with Crippen LogP contribution in [0.2, 0.25) is 0 Å². The van der Waals surface area contributed by atoms with Crippen LogP contribution < -0.4 is 0 Å². The van der Waals surface area contributed by atoms with E-state index in [1.54, 1.807) is 19.9 Å². The van der Waals surface area contributed by atoms with Crippen molar-refractivity contribution in [3.63, 3.8) is 0 Å². The van der Waals surface area contributed by atoms with Crippen LogP contribution in [0.25, 0.3) is 0 Å². The van der Waals surface area contributed by atoms with E-state index in [4.69, 9.17) is 9.78 Å². The monoisotopic (exact) mass is 354 g/mol. The minimum Gasteiger partial charge on any atom is -0.392 e. The fraction of sp³-hybridized carbons (Fsp3) is 0.800. The SMILES string of the molecule is CC(C)[C@H]1/C=C/[C@@](C)(O)C/C=C/[C@]2(C)CC[C@@H](OO2)[C@@](C)(O)C[C@H]1O. The Balaban J connectivity index is 2.33. The molecule has 3 N–H and O–H groups in total. The summed E-state index contributed by atoms with van der Waals surface area (Å²) in [4.78, 5) is 11.1. The molecule has 0 aromatic carbocycles. The number of hydrogen-bond donors (Lipinski definition) is 3. The van der Waals surface area contributed by atoms with E-state index in [-0.39, 0.29) is 18.3 Å². The molecule has 25 heavy (non-hydrogen) atoms. The van der Waals surface area contributed by atoms with E-state index in [0.29, 0.717) is 19.3 Å². The van der Waals surface area contributed by atoms with Crippen molar-refractivity contribution in [3.8, 4) is 0 Å². The Morgan fingerprint density at radius 2 is 1.80 bits per heavy atom. The molecule has 0 radical (unpaired) electrons. The van der Waals surface area contributed by atoms with Crippen molar-refractivity contribution in [3.05, 3.63) is 24.3 Å². The van der Waals surface area contributed by atoms with E-state index in [0.717, 1.165) is 0 Å². The highest BCUT2D eigenvalue weighted by molar-refractivity contribution is 5.10. The Bertz CT molecular complexity index is 498. The lowest BCUT2D eigenvalue weighted by Crippen LogP contribution is -2.50. The Morgan fingerprint density at radius 1 is 1.12 bits per heavy atom. The molecule has 3 aliphatic rings. The van der Waals surface area contributed by atoms with Crippen LogP contribution in [0.4, 0.5) is 0 Å². The van der Waals surface area contributed by atoms with Crippen LogP contribution in [0.1, 0.15) is 60.3 Å². The van der Waals surface area contributed by atoms with Crippen LogP contribution in [-0.4, -0.2) is 44.3 Å². The molecule has 1 aliphatic carbocycles. The number of fused-ring (bicyclic) bond motifs is 9. The predicted molar refractivity (Wildman–Crippen MR) is 96.7 cm³/mol. The molecule has 0 saturated carbocycles. The second-order valence-electron chi connectivity index (χ2n) is 8.79. The van der Waals surface area contributed by atoms with Gasteiger partial charge in [-0.25, -0.2) is 9.78 Å². The van der Waals surface area contributed by atoms with Crippen molar-refractivity contribution < 1.29 is 25.1 Å². The second-order valence-corrected chi connectivity index (χ2v) is 8.79. The quantitative estimate of drug-likeness (QED) is 0.498. The standard InChI is InChI=1S/C20H34O5/c1-14(2)15-7-11-18(3,22)9-6-10-19(4)12-8-17(24-25-19)20(5,23)13-16(15)21/h6-7,10-11,14-17,21-23H,8-9,12-13H2,1-5H3/b10-6+,11-7+/t15-,16-,17-,18+,19-,20+/m1/s1. The van der Waals surface area contributed by atoms with Gasteiger partial charge in [0.1, 0.15) is 11.7 Å². The third-order valence-electron chi connectivity index (χ3n) is 5.47. The number of aliphatic hydroxyl groups excluding tert-OH is 1. The highest BCUT2D eigenvalue weighted by Gasteiger charge is 2.43. The first kappa shape index (κ1) is 20.6. The lowest BCUT2D eigenvalue weighted by atomic mass is 9.79. The van der Waals surface area contributed by atoms with Gasteiger partial charge in [-0.1, -0.05) is 38.2 Å². The van der Waals surface area contributed by atoms with Crippen LogP contribution in [-0.2, 0) is 9.78 Å². The van der Waals surface area contributed by atoms with Crippen LogP contribution >= 0.6 is 0 Å². The van der Waals surface area contributed by atoms with Gasteiger partial charge in [0.25, 0.3) is 0 Å². The number of aliphatic hydroxyl groups is 3. The molecule has 6 atom stereocenters. The fourth-order valence-electron chi connectivity index (χ4n) is 3.62.